The van der Waals surface area contributed by atoms with Gasteiger partial charge in [-0.2, -0.15) is 0 Å². The van der Waals surface area contributed by atoms with Crippen LogP contribution in [0.5, 0.6) is 0 Å². The Balaban J connectivity index is 5.14. The molecule has 0 radical (unpaired) electrons. The van der Waals surface area contributed by atoms with Crippen LogP contribution in [0.15, 0.2) is 0 Å². The third-order valence-corrected chi connectivity index (χ3v) is 21.2. The maximum absolute atomic E-state index is 13.1. The average Bonchev–Trinajstić information content (AvgIpc) is 0.916. The van der Waals surface area contributed by atoms with Gasteiger partial charge in [0.05, 0.1) is 26.4 Å². The zero-order chi connectivity index (χ0) is 75.3. The Bertz CT molecular complexity index is 1850. The summed E-state index contributed by atoms with van der Waals surface area (Å²) < 4.78 is 68.7. The Labute approximate surface area is 626 Å². The van der Waals surface area contributed by atoms with Crippen molar-refractivity contribution in [2.24, 2.45) is 23.7 Å². The van der Waals surface area contributed by atoms with Crippen molar-refractivity contribution in [2.45, 2.75) is 446 Å². The number of esters is 4. The van der Waals surface area contributed by atoms with Gasteiger partial charge in [0.25, 0.3) is 0 Å². The number of carbonyl (C=O) groups is 4. The normalized spacial score (nSPS) is 14.0. The summed E-state index contributed by atoms with van der Waals surface area (Å²) in [6.07, 6.45) is 60.1. The second-order valence-electron chi connectivity index (χ2n) is 31.8. The van der Waals surface area contributed by atoms with Gasteiger partial charge in [0.15, 0.2) is 12.2 Å². The molecule has 0 aliphatic carbocycles. The molecule has 0 fully saturated rings. The zero-order valence-electron chi connectivity index (χ0n) is 67.2. The Morgan fingerprint density at radius 3 is 0.608 bits per heavy atom. The summed E-state index contributed by atoms with van der Waals surface area (Å²) >= 11 is 0. The summed E-state index contributed by atoms with van der Waals surface area (Å²) in [6.45, 7) is 14.2. The molecule has 102 heavy (non-hydrogen) atoms. The van der Waals surface area contributed by atoms with Gasteiger partial charge in [0, 0.05) is 25.7 Å². The molecule has 0 aromatic heterocycles. The van der Waals surface area contributed by atoms with Crippen LogP contribution >= 0.6 is 15.6 Å². The molecule has 17 nitrogen and oxygen atoms in total. The van der Waals surface area contributed by atoms with E-state index < -0.39 is 97.5 Å². The van der Waals surface area contributed by atoms with Gasteiger partial charge in [0.1, 0.15) is 19.3 Å². The molecule has 0 amide bonds. The highest BCUT2D eigenvalue weighted by Gasteiger charge is 2.30. The van der Waals surface area contributed by atoms with Crippen LogP contribution in [0.3, 0.4) is 0 Å². The quantitative estimate of drug-likeness (QED) is 0.0222. The Morgan fingerprint density at radius 2 is 0.412 bits per heavy atom. The van der Waals surface area contributed by atoms with Crippen molar-refractivity contribution in [2.75, 3.05) is 39.6 Å². The number of phosphoric acid groups is 2. The van der Waals surface area contributed by atoms with E-state index in [9.17, 15) is 43.2 Å². The van der Waals surface area contributed by atoms with Gasteiger partial charge < -0.3 is 33.8 Å². The summed E-state index contributed by atoms with van der Waals surface area (Å²) in [5.74, 6) is 0.935. The second kappa shape index (κ2) is 72.0. The highest BCUT2D eigenvalue weighted by Crippen LogP contribution is 2.45. The first-order chi connectivity index (χ1) is 49.1. The van der Waals surface area contributed by atoms with Crippen LogP contribution in [0.4, 0.5) is 0 Å². The molecule has 0 aliphatic rings. The summed E-state index contributed by atoms with van der Waals surface area (Å²) in [6, 6.07) is 0. The van der Waals surface area contributed by atoms with Gasteiger partial charge in [-0.3, -0.25) is 37.3 Å². The minimum Gasteiger partial charge on any atom is -0.462 e. The van der Waals surface area contributed by atoms with E-state index in [4.69, 9.17) is 37.0 Å². The lowest BCUT2D eigenvalue weighted by Crippen LogP contribution is -2.30. The van der Waals surface area contributed by atoms with Gasteiger partial charge in [-0.25, -0.2) is 9.13 Å². The SMILES string of the molecule is CC(C)CCCCCCCCCCCCCCCCCCCCC(=O)O[C@H](COC(=O)CCCCCCCCCC(C)C)COP(=O)(O)OCC(O)COP(=O)(O)OC[C@@H](COC(=O)CCCCCCCCCC(C)C)OC(=O)CCCCCCCCCCCCCCCCCCCCC(C)C. The molecule has 19 heteroatoms. The monoisotopic (exact) mass is 1490 g/mol. The van der Waals surface area contributed by atoms with E-state index in [0.29, 0.717) is 37.5 Å². The molecule has 2 unspecified atom stereocenters. The van der Waals surface area contributed by atoms with Crippen molar-refractivity contribution >= 4 is 39.5 Å². The van der Waals surface area contributed by atoms with E-state index in [-0.39, 0.29) is 25.7 Å². The first-order valence-electron chi connectivity index (χ1n) is 42.7. The fraction of sp³-hybridized carbons (Fsp3) is 0.952. The number of phosphoric ester groups is 2. The molecule has 606 valence electrons. The Hall–Kier alpha value is -1.94. The van der Waals surface area contributed by atoms with Gasteiger partial charge in [-0.1, -0.05) is 376 Å². The highest BCUT2D eigenvalue weighted by atomic mass is 31.2. The molecule has 0 bridgehead atoms. The Morgan fingerprint density at radius 1 is 0.245 bits per heavy atom. The van der Waals surface area contributed by atoms with Crippen LogP contribution in [0.25, 0.3) is 0 Å². The van der Waals surface area contributed by atoms with E-state index in [2.05, 4.69) is 55.4 Å². The highest BCUT2D eigenvalue weighted by molar-refractivity contribution is 7.47. The van der Waals surface area contributed by atoms with Crippen LogP contribution in [0.2, 0.25) is 0 Å². The molecule has 0 rings (SSSR count). The van der Waals surface area contributed by atoms with E-state index in [1.807, 2.05) is 0 Å². The van der Waals surface area contributed by atoms with E-state index in [1.54, 1.807) is 0 Å². The van der Waals surface area contributed by atoms with Crippen LogP contribution in [0, 0.1) is 23.7 Å². The van der Waals surface area contributed by atoms with Crippen LogP contribution in [-0.2, 0) is 65.4 Å². The predicted molar refractivity (Wildman–Crippen MR) is 418 cm³/mol. The number of rotatable bonds is 80. The number of hydrogen-bond donors (Lipinski definition) is 3. The average molecular weight is 1490 g/mol. The molecule has 0 saturated heterocycles. The lowest BCUT2D eigenvalue weighted by Gasteiger charge is -2.21. The van der Waals surface area contributed by atoms with Crippen molar-refractivity contribution in [3.63, 3.8) is 0 Å². The second-order valence-corrected chi connectivity index (χ2v) is 34.7. The molecular weight excluding hydrogens is 1330 g/mol. The summed E-state index contributed by atoms with van der Waals surface area (Å²) in [7, 11) is -9.92. The van der Waals surface area contributed by atoms with Crippen LogP contribution < -0.4 is 0 Å². The minimum absolute atomic E-state index is 0.107. The predicted octanol–water partition coefficient (Wildman–Crippen LogP) is 24.8. The van der Waals surface area contributed by atoms with Gasteiger partial charge in [-0.15, -0.1) is 0 Å². The van der Waals surface area contributed by atoms with Crippen molar-refractivity contribution in [3.8, 4) is 0 Å². The van der Waals surface area contributed by atoms with Crippen LogP contribution in [-0.4, -0.2) is 96.7 Å². The molecule has 0 saturated carbocycles. The summed E-state index contributed by atoms with van der Waals surface area (Å²) in [5.41, 5.74) is 0. The molecule has 0 spiro atoms. The first-order valence-corrected chi connectivity index (χ1v) is 45.7. The minimum atomic E-state index is -4.96. The fourth-order valence-electron chi connectivity index (χ4n) is 12.8. The number of unbranched alkanes of at least 4 members (excludes halogenated alkanes) is 46. The van der Waals surface area contributed by atoms with Gasteiger partial charge >= 0.3 is 39.5 Å². The van der Waals surface area contributed by atoms with Crippen molar-refractivity contribution in [1.82, 2.24) is 0 Å². The number of hydrogen-bond acceptors (Lipinski definition) is 15. The maximum atomic E-state index is 13.1. The number of aliphatic hydroxyl groups excluding tert-OH is 1. The molecular formula is C83H162O17P2. The topological polar surface area (TPSA) is 237 Å². The fourth-order valence-corrected chi connectivity index (χ4v) is 14.4. The molecule has 3 N–H and O–H groups in total. The molecule has 4 atom stereocenters. The lowest BCUT2D eigenvalue weighted by atomic mass is 10.0. The summed E-state index contributed by atoms with van der Waals surface area (Å²) in [5, 5.41) is 10.6. The molecule has 0 aromatic rings. The van der Waals surface area contributed by atoms with E-state index in [1.165, 1.54) is 218 Å². The Kier molecular flexibility index (Phi) is 70.6. The van der Waals surface area contributed by atoms with E-state index in [0.717, 1.165) is 115 Å². The van der Waals surface area contributed by atoms with Crippen molar-refractivity contribution in [1.29, 1.82) is 0 Å². The maximum Gasteiger partial charge on any atom is 0.472 e. The third-order valence-electron chi connectivity index (χ3n) is 19.3. The van der Waals surface area contributed by atoms with Gasteiger partial charge in [0.2, 0.25) is 0 Å². The summed E-state index contributed by atoms with van der Waals surface area (Å²) in [4.78, 5) is 73.0. The van der Waals surface area contributed by atoms with E-state index >= 15 is 0 Å². The number of ether oxygens (including phenoxy) is 4. The number of carbonyl (C=O) groups excluding carboxylic acids is 4. The van der Waals surface area contributed by atoms with Crippen LogP contribution in [0.1, 0.15) is 428 Å². The standard InChI is InChI=1S/C83H162O17P2/c1-73(2)59-51-43-35-29-25-21-17-13-9-11-15-19-23-27-31-39-49-57-65-82(87)99-78(69-93-80(85)63-55-47-41-33-37-45-53-61-75(5)6)71-97-101(89,90)95-67-77(84)68-96-102(91,92)98-72-79(70-94-81(86)64-56-48-42-34-38-46-54-62-76(7)8)100-83(88)66-58-50-40-32-28-24-20-16-12-10-14-18-22-26-30-36-44-52-60-74(3)4/h73-79,84H,9-72H2,1-8H3,(H,89,90)(H,91,92)/t78-,79-/m1/s1. The number of aliphatic hydroxyl groups is 1. The van der Waals surface area contributed by atoms with Crippen molar-refractivity contribution in [3.05, 3.63) is 0 Å². The first kappa shape index (κ1) is 100. The third kappa shape index (κ3) is 76.3. The van der Waals surface area contributed by atoms with Crippen molar-refractivity contribution < 1.29 is 80.2 Å². The van der Waals surface area contributed by atoms with Gasteiger partial charge in [-0.05, 0) is 49.4 Å². The lowest BCUT2D eigenvalue weighted by molar-refractivity contribution is -0.161. The molecule has 0 aromatic carbocycles. The zero-order valence-corrected chi connectivity index (χ0v) is 69.0. The largest absolute Gasteiger partial charge is 0.472 e. The molecule has 0 aliphatic heterocycles. The smallest absolute Gasteiger partial charge is 0.462 e. The molecule has 0 heterocycles.